The summed E-state index contributed by atoms with van der Waals surface area (Å²) in [6.07, 6.45) is -4.39. The number of carbonyl (C=O) groups excluding carboxylic acids is 1. The molecule has 0 saturated heterocycles. The largest absolute Gasteiger partial charge is 0.573 e. The molecule has 0 bridgehead atoms. The third-order valence-electron chi connectivity index (χ3n) is 2.06. The molecule has 1 aromatic heterocycles. The molecule has 0 aliphatic carbocycles. The van der Waals surface area contributed by atoms with Crippen LogP contribution in [0.1, 0.15) is 15.9 Å². The first-order valence-corrected chi connectivity index (χ1v) is 4.65. The van der Waals surface area contributed by atoms with Crippen LogP contribution in [0.4, 0.5) is 19.0 Å². The number of ether oxygens (including phenoxy) is 2. The van der Waals surface area contributed by atoms with Crippen molar-refractivity contribution in [1.82, 2.24) is 4.98 Å². The molecule has 0 fully saturated rings. The molecule has 0 atom stereocenters. The Bertz CT molecular complexity index is 529. The Hall–Kier alpha value is -2.39. The van der Waals surface area contributed by atoms with E-state index in [-0.39, 0.29) is 11.1 Å². The predicted octanol–water partition coefficient (Wildman–Crippen LogP) is 1.98. The molecule has 0 aromatic carbocycles. The summed E-state index contributed by atoms with van der Waals surface area (Å²) in [5.41, 5.74) is -0.738. The van der Waals surface area contributed by atoms with Crippen LogP contribution < -0.4 is 4.74 Å². The zero-order valence-electron chi connectivity index (χ0n) is 9.65. The normalized spacial score (nSPS) is 11.0. The highest BCUT2D eigenvalue weighted by Gasteiger charge is 2.37. The number of carbonyl (C=O) groups is 1. The second kappa shape index (κ2) is 5.08. The SMILES string of the molecule is COC(=O)c1cnc([N+](=O)[O-])c(OC(F)(F)F)c1C. The standard InChI is InChI=1S/C9H7F3N2O5/c1-4-5(8(15)18-2)3-13-7(14(16)17)6(4)19-9(10,11)12/h3H,1-2H3. The molecule has 0 N–H and O–H groups in total. The van der Waals surface area contributed by atoms with Gasteiger partial charge in [0.15, 0.2) is 6.20 Å². The Morgan fingerprint density at radius 3 is 2.47 bits per heavy atom. The van der Waals surface area contributed by atoms with Crippen LogP contribution in [0, 0.1) is 17.0 Å². The Balaban J connectivity index is 3.44. The first-order valence-electron chi connectivity index (χ1n) is 4.65. The van der Waals surface area contributed by atoms with Gasteiger partial charge in [-0.1, -0.05) is 0 Å². The van der Waals surface area contributed by atoms with Gasteiger partial charge >= 0.3 is 18.1 Å². The molecule has 0 saturated carbocycles. The lowest BCUT2D eigenvalue weighted by Gasteiger charge is -2.12. The second-order valence-electron chi connectivity index (χ2n) is 3.25. The number of rotatable bonds is 3. The number of hydrogen-bond acceptors (Lipinski definition) is 6. The molecule has 104 valence electrons. The number of esters is 1. The van der Waals surface area contributed by atoms with Crippen LogP contribution >= 0.6 is 0 Å². The van der Waals surface area contributed by atoms with Crippen LogP contribution in [0.3, 0.4) is 0 Å². The van der Waals surface area contributed by atoms with E-state index in [1.165, 1.54) is 0 Å². The van der Waals surface area contributed by atoms with E-state index in [2.05, 4.69) is 14.5 Å². The molecule has 0 amide bonds. The third kappa shape index (κ3) is 3.30. The molecule has 0 spiro atoms. The highest BCUT2D eigenvalue weighted by Crippen LogP contribution is 2.35. The average molecular weight is 280 g/mol. The van der Waals surface area contributed by atoms with Crippen molar-refractivity contribution in [3.8, 4) is 5.75 Å². The number of alkyl halides is 3. The van der Waals surface area contributed by atoms with Crippen molar-refractivity contribution in [3.63, 3.8) is 0 Å². The molecular weight excluding hydrogens is 273 g/mol. The third-order valence-corrected chi connectivity index (χ3v) is 2.06. The average Bonchev–Trinajstić information content (AvgIpc) is 2.28. The summed E-state index contributed by atoms with van der Waals surface area (Å²) < 4.78 is 44.4. The first kappa shape index (κ1) is 14.7. The van der Waals surface area contributed by atoms with E-state index < -0.39 is 28.8 Å². The van der Waals surface area contributed by atoms with Gasteiger partial charge in [-0.15, -0.1) is 13.2 Å². The molecular formula is C9H7F3N2O5. The number of nitro groups is 1. The molecule has 1 heterocycles. The first-order chi connectivity index (χ1) is 8.67. The second-order valence-corrected chi connectivity index (χ2v) is 3.25. The van der Waals surface area contributed by atoms with E-state index in [9.17, 15) is 28.1 Å². The number of pyridine rings is 1. The summed E-state index contributed by atoms with van der Waals surface area (Å²) in [4.78, 5) is 23.9. The van der Waals surface area contributed by atoms with Crippen molar-refractivity contribution < 1.29 is 32.4 Å². The summed E-state index contributed by atoms with van der Waals surface area (Å²) >= 11 is 0. The fourth-order valence-corrected chi connectivity index (χ4v) is 1.25. The zero-order chi connectivity index (χ0) is 14.8. The number of hydrogen-bond donors (Lipinski definition) is 0. The maximum absolute atomic E-state index is 12.2. The van der Waals surface area contributed by atoms with Crippen molar-refractivity contribution in [2.24, 2.45) is 0 Å². The predicted molar refractivity (Wildman–Crippen MR) is 53.7 cm³/mol. The van der Waals surface area contributed by atoms with Crippen molar-refractivity contribution in [3.05, 3.63) is 27.4 Å². The number of nitrogens with zero attached hydrogens (tertiary/aromatic N) is 2. The van der Waals surface area contributed by atoms with Crippen LogP contribution in [-0.2, 0) is 4.74 Å². The quantitative estimate of drug-likeness (QED) is 0.477. The van der Waals surface area contributed by atoms with Gasteiger partial charge in [-0.3, -0.25) is 0 Å². The maximum atomic E-state index is 12.2. The van der Waals surface area contributed by atoms with E-state index in [1.54, 1.807) is 0 Å². The summed E-state index contributed by atoms with van der Waals surface area (Å²) in [6, 6.07) is 0. The molecule has 7 nitrogen and oxygen atoms in total. The van der Waals surface area contributed by atoms with Gasteiger partial charge < -0.3 is 19.6 Å². The minimum Gasteiger partial charge on any atom is -0.465 e. The molecule has 1 aromatic rings. The van der Waals surface area contributed by atoms with Gasteiger partial charge in [0.1, 0.15) is 5.56 Å². The van der Waals surface area contributed by atoms with Gasteiger partial charge in [0.2, 0.25) is 5.75 Å². The van der Waals surface area contributed by atoms with Gasteiger partial charge in [-0.2, -0.15) is 0 Å². The van der Waals surface area contributed by atoms with E-state index >= 15 is 0 Å². The van der Waals surface area contributed by atoms with Crippen LogP contribution in [0.2, 0.25) is 0 Å². The van der Waals surface area contributed by atoms with Crippen molar-refractivity contribution in [1.29, 1.82) is 0 Å². The summed E-state index contributed by atoms with van der Waals surface area (Å²) in [7, 11) is 1.01. The van der Waals surface area contributed by atoms with E-state index in [0.29, 0.717) is 0 Å². The smallest absolute Gasteiger partial charge is 0.465 e. The van der Waals surface area contributed by atoms with Gasteiger partial charge in [-0.05, 0) is 16.8 Å². The lowest BCUT2D eigenvalue weighted by Crippen LogP contribution is -2.20. The van der Waals surface area contributed by atoms with Crippen LogP contribution in [0.25, 0.3) is 0 Å². The van der Waals surface area contributed by atoms with Gasteiger partial charge in [0.05, 0.1) is 7.11 Å². The molecule has 0 unspecified atom stereocenters. The Morgan fingerprint density at radius 1 is 1.47 bits per heavy atom. The van der Waals surface area contributed by atoms with Gasteiger partial charge in [-0.25, -0.2) is 4.79 Å². The molecule has 10 heteroatoms. The van der Waals surface area contributed by atoms with Crippen LogP contribution in [-0.4, -0.2) is 29.3 Å². The lowest BCUT2D eigenvalue weighted by molar-refractivity contribution is -0.393. The van der Waals surface area contributed by atoms with Crippen molar-refractivity contribution in [2.45, 2.75) is 13.3 Å². The molecule has 19 heavy (non-hydrogen) atoms. The topological polar surface area (TPSA) is 91.6 Å². The van der Waals surface area contributed by atoms with E-state index in [0.717, 1.165) is 20.2 Å². The highest BCUT2D eigenvalue weighted by atomic mass is 19.4. The van der Waals surface area contributed by atoms with Gasteiger partial charge in [0, 0.05) is 5.56 Å². The van der Waals surface area contributed by atoms with Crippen LogP contribution in [0.5, 0.6) is 5.75 Å². The Kier molecular flexibility index (Phi) is 3.92. The van der Waals surface area contributed by atoms with E-state index in [4.69, 9.17) is 0 Å². The van der Waals surface area contributed by atoms with Crippen LogP contribution in [0.15, 0.2) is 6.20 Å². The number of aromatic nitrogens is 1. The fourth-order valence-electron chi connectivity index (χ4n) is 1.25. The Labute approximate surface area is 104 Å². The summed E-state index contributed by atoms with van der Waals surface area (Å²) in [5.74, 6) is -3.25. The number of halogens is 3. The van der Waals surface area contributed by atoms with Crippen molar-refractivity contribution in [2.75, 3.05) is 7.11 Å². The zero-order valence-corrected chi connectivity index (χ0v) is 9.65. The lowest BCUT2D eigenvalue weighted by atomic mass is 10.1. The molecule has 1 rings (SSSR count). The van der Waals surface area contributed by atoms with E-state index in [1.807, 2.05) is 0 Å². The molecule has 0 aliphatic rings. The Morgan fingerprint density at radius 2 is 2.05 bits per heavy atom. The fraction of sp³-hybridized carbons (Fsp3) is 0.333. The monoisotopic (exact) mass is 280 g/mol. The van der Waals surface area contributed by atoms with Crippen molar-refractivity contribution >= 4 is 11.8 Å². The van der Waals surface area contributed by atoms with Gasteiger partial charge in [0.25, 0.3) is 0 Å². The number of methoxy groups -OCH3 is 1. The minimum absolute atomic E-state index is 0.354. The minimum atomic E-state index is -5.15. The highest BCUT2D eigenvalue weighted by molar-refractivity contribution is 5.91. The molecule has 0 aliphatic heterocycles. The maximum Gasteiger partial charge on any atom is 0.573 e. The summed E-state index contributed by atoms with van der Waals surface area (Å²) in [5, 5.41) is 10.6. The molecule has 0 radical (unpaired) electrons. The summed E-state index contributed by atoms with van der Waals surface area (Å²) in [6.45, 7) is 1.06.